The highest BCUT2D eigenvalue weighted by Gasteiger charge is 2.17. The fraction of sp³-hybridized carbons (Fsp3) is 0.200. The van der Waals surface area contributed by atoms with E-state index >= 15 is 0 Å². The summed E-state index contributed by atoms with van der Waals surface area (Å²) in [6, 6.07) is 4.87. The van der Waals surface area contributed by atoms with E-state index in [1.807, 2.05) is 0 Å². The first-order valence-electron chi connectivity index (χ1n) is 6.82. The van der Waals surface area contributed by atoms with Gasteiger partial charge in [0.25, 0.3) is 5.91 Å². The highest BCUT2D eigenvalue weighted by atomic mass is 19.3. The summed E-state index contributed by atoms with van der Waals surface area (Å²) in [5.74, 6) is -2.26. The average molecular weight is 353 g/mol. The van der Waals surface area contributed by atoms with Gasteiger partial charge in [-0.25, -0.2) is 14.3 Å². The van der Waals surface area contributed by atoms with Crippen LogP contribution in [0.25, 0.3) is 0 Å². The Bertz CT molecular complexity index is 785. The summed E-state index contributed by atoms with van der Waals surface area (Å²) in [7, 11) is 2.31. The molecule has 0 fully saturated rings. The van der Waals surface area contributed by atoms with E-state index in [-0.39, 0.29) is 22.5 Å². The van der Waals surface area contributed by atoms with Gasteiger partial charge in [0.1, 0.15) is 0 Å². The lowest BCUT2D eigenvalue weighted by molar-refractivity contribution is 0.0558. The van der Waals surface area contributed by atoms with Crippen LogP contribution >= 0.6 is 0 Å². The van der Waals surface area contributed by atoms with Crippen LogP contribution in [0.15, 0.2) is 30.5 Å². The standard InChI is InChI=1S/C15H13F2N3O5/c1-24-13(22)8-5-9(14(23)25-2)7-10(6-8)18-12(21)11-3-4-20(19-11)15(16)17/h3-7,15H,1-2H3,(H,18,21). The van der Waals surface area contributed by atoms with Crippen molar-refractivity contribution in [2.75, 3.05) is 19.5 Å². The number of methoxy groups -OCH3 is 2. The first-order chi connectivity index (χ1) is 11.8. The van der Waals surface area contributed by atoms with Crippen LogP contribution in [0.3, 0.4) is 0 Å². The third kappa shape index (κ3) is 4.16. The number of rotatable bonds is 5. The molecule has 10 heteroatoms. The van der Waals surface area contributed by atoms with Gasteiger partial charge in [0, 0.05) is 11.9 Å². The van der Waals surface area contributed by atoms with Crippen molar-refractivity contribution >= 4 is 23.5 Å². The molecule has 1 heterocycles. The highest BCUT2D eigenvalue weighted by Crippen LogP contribution is 2.18. The van der Waals surface area contributed by atoms with Crippen LogP contribution in [0, 0.1) is 0 Å². The second-order valence-electron chi connectivity index (χ2n) is 4.69. The summed E-state index contributed by atoms with van der Waals surface area (Å²) in [4.78, 5) is 35.4. The number of hydrogen-bond donors (Lipinski definition) is 1. The number of esters is 2. The summed E-state index contributed by atoms with van der Waals surface area (Å²) in [5.41, 5.74) is -0.194. The van der Waals surface area contributed by atoms with E-state index in [1.165, 1.54) is 18.2 Å². The largest absolute Gasteiger partial charge is 0.465 e. The van der Waals surface area contributed by atoms with Crippen molar-refractivity contribution in [1.82, 2.24) is 9.78 Å². The van der Waals surface area contributed by atoms with Crippen molar-refractivity contribution in [2.45, 2.75) is 6.55 Å². The smallest absolute Gasteiger partial charge is 0.337 e. The topological polar surface area (TPSA) is 99.5 Å². The maximum absolute atomic E-state index is 12.5. The molecule has 1 aromatic heterocycles. The zero-order valence-corrected chi connectivity index (χ0v) is 13.2. The third-order valence-electron chi connectivity index (χ3n) is 3.07. The Morgan fingerprint density at radius 1 is 1.08 bits per heavy atom. The third-order valence-corrected chi connectivity index (χ3v) is 3.07. The van der Waals surface area contributed by atoms with E-state index in [0.717, 1.165) is 26.5 Å². The minimum absolute atomic E-state index is 0.00110. The summed E-state index contributed by atoms with van der Waals surface area (Å²) >= 11 is 0. The first-order valence-corrected chi connectivity index (χ1v) is 6.82. The minimum atomic E-state index is -2.88. The zero-order valence-electron chi connectivity index (χ0n) is 13.2. The molecule has 0 spiro atoms. The molecule has 0 saturated carbocycles. The van der Waals surface area contributed by atoms with Gasteiger partial charge in [0.05, 0.1) is 25.3 Å². The molecule has 0 unspecified atom stereocenters. The molecule has 1 N–H and O–H groups in total. The second-order valence-corrected chi connectivity index (χ2v) is 4.69. The van der Waals surface area contributed by atoms with Crippen molar-refractivity contribution in [3.8, 4) is 0 Å². The lowest BCUT2D eigenvalue weighted by Gasteiger charge is -2.08. The number of nitrogens with one attached hydrogen (secondary N) is 1. The molecule has 0 bridgehead atoms. The van der Waals surface area contributed by atoms with Gasteiger partial charge in [-0.05, 0) is 24.3 Å². The minimum Gasteiger partial charge on any atom is -0.465 e. The van der Waals surface area contributed by atoms with Crippen molar-refractivity contribution in [2.24, 2.45) is 0 Å². The fourth-order valence-corrected chi connectivity index (χ4v) is 1.93. The lowest BCUT2D eigenvalue weighted by Crippen LogP contribution is -2.15. The Hall–Kier alpha value is -3.30. The van der Waals surface area contributed by atoms with E-state index in [4.69, 9.17) is 0 Å². The Labute approximate surface area is 140 Å². The van der Waals surface area contributed by atoms with Crippen LogP contribution in [0.4, 0.5) is 14.5 Å². The number of halogens is 2. The van der Waals surface area contributed by atoms with Crippen LogP contribution in [-0.4, -0.2) is 41.8 Å². The van der Waals surface area contributed by atoms with E-state index < -0.39 is 24.4 Å². The predicted octanol–water partition coefficient (Wildman–Crippen LogP) is 2.10. The van der Waals surface area contributed by atoms with Crippen LogP contribution < -0.4 is 5.32 Å². The monoisotopic (exact) mass is 353 g/mol. The van der Waals surface area contributed by atoms with Crippen molar-refractivity contribution < 1.29 is 32.6 Å². The number of anilines is 1. The molecule has 1 aromatic carbocycles. The molecule has 0 aliphatic heterocycles. The molecule has 132 valence electrons. The highest BCUT2D eigenvalue weighted by molar-refractivity contribution is 6.04. The maximum Gasteiger partial charge on any atom is 0.337 e. The molecule has 0 aliphatic rings. The van der Waals surface area contributed by atoms with Crippen molar-refractivity contribution in [1.29, 1.82) is 0 Å². The first kappa shape index (κ1) is 18.0. The van der Waals surface area contributed by atoms with E-state index in [0.29, 0.717) is 4.68 Å². The number of nitrogens with zero attached hydrogens (tertiary/aromatic N) is 2. The average Bonchev–Trinajstić information content (AvgIpc) is 3.10. The molecular formula is C15H13F2N3O5. The zero-order chi connectivity index (χ0) is 18.6. The lowest BCUT2D eigenvalue weighted by atomic mass is 10.1. The molecular weight excluding hydrogens is 340 g/mol. The SMILES string of the molecule is COC(=O)c1cc(NC(=O)c2ccn(C(F)F)n2)cc(C(=O)OC)c1. The Morgan fingerprint density at radius 3 is 2.08 bits per heavy atom. The molecule has 2 aromatic rings. The molecule has 0 radical (unpaired) electrons. The van der Waals surface area contributed by atoms with Gasteiger partial charge in [0.2, 0.25) is 0 Å². The van der Waals surface area contributed by atoms with Crippen molar-refractivity contribution in [3.63, 3.8) is 0 Å². The molecule has 0 saturated heterocycles. The molecule has 25 heavy (non-hydrogen) atoms. The number of benzene rings is 1. The van der Waals surface area contributed by atoms with Gasteiger partial charge >= 0.3 is 18.5 Å². The quantitative estimate of drug-likeness (QED) is 0.827. The van der Waals surface area contributed by atoms with Gasteiger partial charge in [0.15, 0.2) is 5.69 Å². The second kappa shape index (κ2) is 7.51. The van der Waals surface area contributed by atoms with E-state index in [2.05, 4.69) is 19.9 Å². The van der Waals surface area contributed by atoms with Gasteiger partial charge < -0.3 is 14.8 Å². The Morgan fingerprint density at radius 2 is 1.64 bits per heavy atom. The number of amides is 1. The van der Waals surface area contributed by atoms with E-state index in [1.54, 1.807) is 0 Å². The summed E-state index contributed by atoms with van der Waals surface area (Å²) in [6.45, 7) is -2.88. The number of carbonyl (C=O) groups is 3. The number of hydrogen-bond acceptors (Lipinski definition) is 6. The Balaban J connectivity index is 2.31. The van der Waals surface area contributed by atoms with Gasteiger partial charge in [-0.15, -0.1) is 0 Å². The van der Waals surface area contributed by atoms with Crippen LogP contribution in [-0.2, 0) is 9.47 Å². The molecule has 2 rings (SSSR count). The van der Waals surface area contributed by atoms with Gasteiger partial charge in [-0.2, -0.15) is 13.9 Å². The number of alkyl halides is 2. The summed E-state index contributed by atoms with van der Waals surface area (Å²) < 4.78 is 34.5. The normalized spacial score (nSPS) is 10.4. The summed E-state index contributed by atoms with van der Waals surface area (Å²) in [5, 5.41) is 5.80. The number of aromatic nitrogens is 2. The molecule has 0 atom stereocenters. The number of ether oxygens (including phenoxy) is 2. The van der Waals surface area contributed by atoms with Gasteiger partial charge in [-0.1, -0.05) is 0 Å². The van der Waals surface area contributed by atoms with Crippen LogP contribution in [0.5, 0.6) is 0 Å². The molecule has 1 amide bonds. The fourth-order valence-electron chi connectivity index (χ4n) is 1.93. The number of carbonyl (C=O) groups excluding carboxylic acids is 3. The van der Waals surface area contributed by atoms with Crippen LogP contribution in [0.1, 0.15) is 37.8 Å². The maximum atomic E-state index is 12.5. The van der Waals surface area contributed by atoms with Crippen molar-refractivity contribution in [3.05, 3.63) is 47.3 Å². The molecule has 8 nitrogen and oxygen atoms in total. The predicted molar refractivity (Wildman–Crippen MR) is 80.6 cm³/mol. The summed E-state index contributed by atoms with van der Waals surface area (Å²) in [6.07, 6.45) is 0.949. The van der Waals surface area contributed by atoms with E-state index in [9.17, 15) is 23.2 Å². The Kier molecular flexibility index (Phi) is 5.42. The van der Waals surface area contributed by atoms with Crippen LogP contribution in [0.2, 0.25) is 0 Å². The van der Waals surface area contributed by atoms with Gasteiger partial charge in [-0.3, -0.25) is 4.79 Å². The molecule has 0 aliphatic carbocycles.